The molecular formula is C14H21N3S. The number of benzene rings is 1. The van der Waals surface area contributed by atoms with Gasteiger partial charge in [0.25, 0.3) is 0 Å². The van der Waals surface area contributed by atoms with Gasteiger partial charge in [0.05, 0.1) is 6.21 Å². The van der Waals surface area contributed by atoms with Crippen molar-refractivity contribution in [2.75, 3.05) is 0 Å². The summed E-state index contributed by atoms with van der Waals surface area (Å²) in [5, 5.41) is 7.79. The number of hydrogen-bond acceptors (Lipinski definition) is 2. The molecular weight excluding hydrogens is 242 g/mol. The number of nitrogens with one attached hydrogen (secondary N) is 2. The number of thiocarbonyl (C=S) groups is 1. The average Bonchev–Trinajstić information content (AvgIpc) is 2.20. The van der Waals surface area contributed by atoms with Crippen LogP contribution in [0.15, 0.2) is 17.2 Å². The van der Waals surface area contributed by atoms with Gasteiger partial charge in [0, 0.05) is 11.6 Å². The highest BCUT2D eigenvalue weighted by Gasteiger charge is 2.01. The quantitative estimate of drug-likeness (QED) is 0.500. The molecule has 0 aliphatic rings. The monoisotopic (exact) mass is 263 g/mol. The van der Waals surface area contributed by atoms with Crippen LogP contribution in [-0.2, 0) is 0 Å². The zero-order chi connectivity index (χ0) is 13.7. The molecule has 0 aromatic heterocycles. The van der Waals surface area contributed by atoms with Gasteiger partial charge in [-0.15, -0.1) is 0 Å². The summed E-state index contributed by atoms with van der Waals surface area (Å²) in [6.07, 6.45) is 1.82. The van der Waals surface area contributed by atoms with Crippen LogP contribution in [0.1, 0.15) is 36.1 Å². The van der Waals surface area contributed by atoms with Crippen molar-refractivity contribution in [3.63, 3.8) is 0 Å². The molecule has 0 saturated heterocycles. The topological polar surface area (TPSA) is 36.4 Å². The zero-order valence-electron chi connectivity index (χ0n) is 11.7. The van der Waals surface area contributed by atoms with Gasteiger partial charge in [-0.2, -0.15) is 5.10 Å². The molecule has 3 nitrogen and oxygen atoms in total. The van der Waals surface area contributed by atoms with E-state index in [1.165, 1.54) is 16.7 Å². The van der Waals surface area contributed by atoms with E-state index in [2.05, 4.69) is 48.7 Å². The fourth-order valence-corrected chi connectivity index (χ4v) is 2.13. The summed E-state index contributed by atoms with van der Waals surface area (Å²) in [7, 11) is 0. The van der Waals surface area contributed by atoms with Gasteiger partial charge < -0.3 is 5.32 Å². The summed E-state index contributed by atoms with van der Waals surface area (Å²) >= 11 is 5.10. The highest BCUT2D eigenvalue weighted by atomic mass is 32.1. The Morgan fingerprint density at radius 1 is 1.22 bits per heavy atom. The predicted molar refractivity (Wildman–Crippen MR) is 82.3 cm³/mol. The molecule has 18 heavy (non-hydrogen) atoms. The molecule has 1 rings (SSSR count). The van der Waals surface area contributed by atoms with Crippen LogP contribution in [-0.4, -0.2) is 17.4 Å². The van der Waals surface area contributed by atoms with Crippen molar-refractivity contribution in [2.45, 2.75) is 40.7 Å². The fraction of sp³-hybridized carbons (Fsp3) is 0.429. The molecule has 0 heterocycles. The first-order valence-corrected chi connectivity index (χ1v) is 6.48. The van der Waals surface area contributed by atoms with Crippen LogP contribution in [0.25, 0.3) is 0 Å². The third-order valence-corrected chi connectivity index (χ3v) is 2.73. The Hall–Kier alpha value is -1.42. The van der Waals surface area contributed by atoms with E-state index < -0.39 is 0 Å². The Bertz CT molecular complexity index is 441. The van der Waals surface area contributed by atoms with Crippen LogP contribution >= 0.6 is 12.2 Å². The van der Waals surface area contributed by atoms with E-state index in [1.807, 2.05) is 20.1 Å². The minimum Gasteiger partial charge on any atom is -0.359 e. The molecule has 98 valence electrons. The van der Waals surface area contributed by atoms with Gasteiger partial charge >= 0.3 is 0 Å². The molecule has 1 aromatic rings. The van der Waals surface area contributed by atoms with Crippen molar-refractivity contribution < 1.29 is 0 Å². The lowest BCUT2D eigenvalue weighted by Gasteiger charge is -2.10. The first-order chi connectivity index (χ1) is 8.40. The molecule has 0 radical (unpaired) electrons. The van der Waals surface area contributed by atoms with Crippen LogP contribution in [0.2, 0.25) is 0 Å². The van der Waals surface area contributed by atoms with Gasteiger partial charge in [0.15, 0.2) is 5.11 Å². The maximum absolute atomic E-state index is 5.10. The van der Waals surface area contributed by atoms with Gasteiger partial charge in [-0.25, -0.2) is 0 Å². The second-order valence-corrected chi connectivity index (χ2v) is 5.22. The van der Waals surface area contributed by atoms with Crippen molar-refractivity contribution >= 4 is 23.5 Å². The SMILES string of the molecule is Cc1cc(C)c(/C=N/NC(=S)NC(C)C)c(C)c1. The van der Waals surface area contributed by atoms with E-state index in [0.717, 1.165) is 5.56 Å². The molecule has 2 N–H and O–H groups in total. The highest BCUT2D eigenvalue weighted by molar-refractivity contribution is 7.80. The van der Waals surface area contributed by atoms with Crippen LogP contribution in [0, 0.1) is 20.8 Å². The number of rotatable bonds is 3. The average molecular weight is 263 g/mol. The van der Waals surface area contributed by atoms with Crippen molar-refractivity contribution in [1.29, 1.82) is 0 Å². The summed E-state index contributed by atoms with van der Waals surface area (Å²) in [5.41, 5.74) is 7.68. The van der Waals surface area contributed by atoms with Gasteiger partial charge in [0.2, 0.25) is 0 Å². The van der Waals surface area contributed by atoms with E-state index in [0.29, 0.717) is 11.2 Å². The van der Waals surface area contributed by atoms with Crippen LogP contribution < -0.4 is 10.7 Å². The van der Waals surface area contributed by atoms with Crippen molar-refractivity contribution in [3.8, 4) is 0 Å². The number of nitrogens with zero attached hydrogens (tertiary/aromatic N) is 1. The molecule has 0 atom stereocenters. The van der Waals surface area contributed by atoms with E-state index in [1.54, 1.807) is 0 Å². The van der Waals surface area contributed by atoms with Crippen LogP contribution in [0.5, 0.6) is 0 Å². The Kier molecular flexibility index (Phi) is 5.28. The van der Waals surface area contributed by atoms with Crippen LogP contribution in [0.4, 0.5) is 0 Å². The van der Waals surface area contributed by atoms with Crippen LogP contribution in [0.3, 0.4) is 0 Å². The summed E-state index contributed by atoms with van der Waals surface area (Å²) < 4.78 is 0. The predicted octanol–water partition coefficient (Wildman–Crippen LogP) is 2.82. The third kappa shape index (κ3) is 4.45. The Labute approximate surface area is 115 Å². The largest absolute Gasteiger partial charge is 0.359 e. The fourth-order valence-electron chi connectivity index (χ4n) is 1.84. The third-order valence-electron chi connectivity index (χ3n) is 2.52. The molecule has 0 amide bonds. The lowest BCUT2D eigenvalue weighted by Crippen LogP contribution is -2.36. The normalized spacial score (nSPS) is 11.0. The minimum absolute atomic E-state index is 0.308. The van der Waals surface area contributed by atoms with E-state index in [4.69, 9.17) is 12.2 Å². The molecule has 0 fully saturated rings. The molecule has 0 bridgehead atoms. The van der Waals surface area contributed by atoms with Gasteiger partial charge in [-0.3, -0.25) is 5.43 Å². The summed E-state index contributed by atoms with van der Waals surface area (Å²) in [4.78, 5) is 0. The zero-order valence-corrected chi connectivity index (χ0v) is 12.5. The van der Waals surface area contributed by atoms with Crippen molar-refractivity contribution in [3.05, 3.63) is 34.4 Å². The van der Waals surface area contributed by atoms with Gasteiger partial charge in [-0.1, -0.05) is 17.7 Å². The second kappa shape index (κ2) is 6.50. The Morgan fingerprint density at radius 2 is 1.78 bits per heavy atom. The van der Waals surface area contributed by atoms with E-state index in [9.17, 15) is 0 Å². The van der Waals surface area contributed by atoms with E-state index in [-0.39, 0.29) is 0 Å². The van der Waals surface area contributed by atoms with Crippen molar-refractivity contribution in [1.82, 2.24) is 10.7 Å². The van der Waals surface area contributed by atoms with Gasteiger partial charge in [-0.05, 0) is 58.0 Å². The van der Waals surface area contributed by atoms with E-state index >= 15 is 0 Å². The summed E-state index contributed by atoms with van der Waals surface area (Å²) in [6, 6.07) is 4.61. The molecule has 0 unspecified atom stereocenters. The lowest BCUT2D eigenvalue weighted by molar-refractivity contribution is 0.719. The Morgan fingerprint density at radius 3 is 2.28 bits per heavy atom. The summed E-state index contributed by atoms with van der Waals surface area (Å²) in [5.74, 6) is 0. The lowest BCUT2D eigenvalue weighted by atomic mass is 10.0. The maximum Gasteiger partial charge on any atom is 0.187 e. The first-order valence-electron chi connectivity index (χ1n) is 6.07. The molecule has 0 aliphatic carbocycles. The molecule has 0 aliphatic heterocycles. The highest BCUT2D eigenvalue weighted by Crippen LogP contribution is 2.13. The number of hydrogen-bond donors (Lipinski definition) is 2. The summed E-state index contributed by atoms with van der Waals surface area (Å²) in [6.45, 7) is 10.3. The first kappa shape index (κ1) is 14.6. The van der Waals surface area contributed by atoms with Gasteiger partial charge in [0.1, 0.15) is 0 Å². The molecule has 0 saturated carbocycles. The smallest absolute Gasteiger partial charge is 0.187 e. The molecule has 0 spiro atoms. The second-order valence-electron chi connectivity index (χ2n) is 4.81. The number of aryl methyl sites for hydroxylation is 3. The van der Waals surface area contributed by atoms with Crippen molar-refractivity contribution in [2.24, 2.45) is 5.10 Å². The molecule has 4 heteroatoms. The molecule has 1 aromatic carbocycles. The number of hydrazone groups is 1. The maximum atomic E-state index is 5.10. The Balaban J connectivity index is 2.71. The minimum atomic E-state index is 0.308. The standard InChI is InChI=1S/C14H21N3S/c1-9(2)16-14(18)17-15-8-13-11(4)6-10(3)7-12(13)5/h6-9H,1-5H3,(H2,16,17,18)/b15-8+.